The molecule has 1 unspecified atom stereocenters. The average molecular weight is 382 g/mol. The molecule has 0 radical (unpaired) electrons. The smallest absolute Gasteiger partial charge is 0.202 e. The van der Waals surface area contributed by atoms with Gasteiger partial charge < -0.3 is 20.6 Å². The van der Waals surface area contributed by atoms with Crippen LogP contribution in [-0.4, -0.2) is 40.0 Å². The maximum Gasteiger partial charge on any atom is 0.202 e. The Kier molecular flexibility index (Phi) is 5.12. The molecule has 2 aliphatic heterocycles. The number of rotatable bonds is 3. The summed E-state index contributed by atoms with van der Waals surface area (Å²) in [5.74, 6) is 0.901. The third kappa shape index (κ3) is 3.56. The summed E-state index contributed by atoms with van der Waals surface area (Å²) in [7, 11) is 0. The standard InChI is InChI=1S/C20H23N5OS/c21-8-14-4-1-2-5-15(14)9-25-11-18-19(16(12-26)13-27-18)23-20(25)24-7-3-6-17(22)10-24/h1-2,4-5,13,17,26H,3,6-7,9-12,22H2. The van der Waals surface area contributed by atoms with Crippen LogP contribution in [0.2, 0.25) is 0 Å². The van der Waals surface area contributed by atoms with Gasteiger partial charge >= 0.3 is 0 Å². The maximum atomic E-state index is 9.64. The number of likely N-dealkylation sites (tertiary alicyclic amines) is 1. The summed E-state index contributed by atoms with van der Waals surface area (Å²) in [6.07, 6.45) is 2.08. The molecule has 4 rings (SSSR count). The average Bonchev–Trinajstić information content (AvgIpc) is 3.09. The molecule has 0 saturated carbocycles. The molecule has 27 heavy (non-hydrogen) atoms. The molecule has 0 spiro atoms. The second kappa shape index (κ2) is 7.69. The number of benzene rings is 1. The zero-order chi connectivity index (χ0) is 18.8. The van der Waals surface area contributed by atoms with Gasteiger partial charge in [0.05, 0.1) is 35.3 Å². The highest BCUT2D eigenvalue weighted by molar-refractivity contribution is 7.10. The van der Waals surface area contributed by atoms with Crippen molar-refractivity contribution in [2.24, 2.45) is 10.7 Å². The quantitative estimate of drug-likeness (QED) is 0.853. The predicted molar refractivity (Wildman–Crippen MR) is 107 cm³/mol. The van der Waals surface area contributed by atoms with Gasteiger partial charge in [-0.25, -0.2) is 4.99 Å². The Balaban J connectivity index is 1.70. The third-order valence-electron chi connectivity index (χ3n) is 5.15. The van der Waals surface area contributed by atoms with E-state index in [1.807, 2.05) is 29.6 Å². The van der Waals surface area contributed by atoms with Crippen molar-refractivity contribution in [3.63, 3.8) is 0 Å². The van der Waals surface area contributed by atoms with Gasteiger partial charge in [0.1, 0.15) is 0 Å². The minimum absolute atomic E-state index is 0.000602. The van der Waals surface area contributed by atoms with Crippen LogP contribution in [0.4, 0.5) is 5.69 Å². The Morgan fingerprint density at radius 1 is 1.33 bits per heavy atom. The molecule has 1 saturated heterocycles. The number of nitrogens with two attached hydrogens (primary N) is 1. The van der Waals surface area contributed by atoms with Gasteiger partial charge in [-0.3, -0.25) is 0 Å². The molecule has 2 aliphatic rings. The van der Waals surface area contributed by atoms with E-state index in [2.05, 4.69) is 15.9 Å². The number of piperidine rings is 1. The fraction of sp³-hybridized carbons (Fsp3) is 0.400. The molecule has 2 aromatic rings. The molecular formula is C20H23N5OS. The first kappa shape index (κ1) is 18.0. The van der Waals surface area contributed by atoms with Crippen LogP contribution in [0.25, 0.3) is 0 Å². The Bertz CT molecular complexity index is 900. The summed E-state index contributed by atoms with van der Waals surface area (Å²) in [6, 6.07) is 10.2. The van der Waals surface area contributed by atoms with Crippen molar-refractivity contribution >= 4 is 23.0 Å². The van der Waals surface area contributed by atoms with Crippen LogP contribution in [0.1, 0.15) is 34.4 Å². The topological polar surface area (TPSA) is 88.9 Å². The predicted octanol–water partition coefficient (Wildman–Crippen LogP) is 2.54. The van der Waals surface area contributed by atoms with E-state index in [4.69, 9.17) is 10.7 Å². The van der Waals surface area contributed by atoms with Crippen LogP contribution in [-0.2, 0) is 19.7 Å². The van der Waals surface area contributed by atoms with Crippen LogP contribution in [0, 0.1) is 11.3 Å². The number of aliphatic imine (C=N–C) groups is 1. The maximum absolute atomic E-state index is 9.64. The Hall–Kier alpha value is -2.40. The van der Waals surface area contributed by atoms with Crippen molar-refractivity contribution in [1.82, 2.24) is 9.80 Å². The first-order chi connectivity index (χ1) is 13.2. The Labute approximate surface area is 163 Å². The minimum Gasteiger partial charge on any atom is -0.392 e. The van der Waals surface area contributed by atoms with Crippen LogP contribution >= 0.6 is 11.3 Å². The number of aliphatic hydroxyl groups is 1. The lowest BCUT2D eigenvalue weighted by molar-refractivity contribution is 0.253. The van der Waals surface area contributed by atoms with Crippen molar-refractivity contribution in [3.05, 3.63) is 51.2 Å². The van der Waals surface area contributed by atoms with Gasteiger partial charge in [0.2, 0.25) is 5.96 Å². The van der Waals surface area contributed by atoms with Gasteiger partial charge in [-0.1, -0.05) is 18.2 Å². The normalized spacial score (nSPS) is 19.4. The lowest BCUT2D eigenvalue weighted by Gasteiger charge is -2.40. The van der Waals surface area contributed by atoms with Crippen LogP contribution in [0.15, 0.2) is 34.6 Å². The van der Waals surface area contributed by atoms with Crippen molar-refractivity contribution in [1.29, 1.82) is 5.26 Å². The highest BCUT2D eigenvalue weighted by Crippen LogP contribution is 2.37. The van der Waals surface area contributed by atoms with Crippen LogP contribution in [0.3, 0.4) is 0 Å². The number of nitriles is 1. The third-order valence-corrected chi connectivity index (χ3v) is 6.16. The summed E-state index contributed by atoms with van der Waals surface area (Å²) < 4.78 is 0. The summed E-state index contributed by atoms with van der Waals surface area (Å²) in [6.45, 7) is 3.06. The summed E-state index contributed by atoms with van der Waals surface area (Å²) in [5, 5.41) is 21.1. The number of fused-ring (bicyclic) bond motifs is 1. The van der Waals surface area contributed by atoms with Crippen molar-refractivity contribution in [2.45, 2.75) is 38.6 Å². The zero-order valence-corrected chi connectivity index (χ0v) is 16.0. The number of guanidine groups is 1. The molecular weight excluding hydrogens is 358 g/mol. The zero-order valence-electron chi connectivity index (χ0n) is 15.1. The van der Waals surface area contributed by atoms with Gasteiger partial charge in [-0.15, -0.1) is 11.3 Å². The van der Waals surface area contributed by atoms with Crippen LogP contribution in [0.5, 0.6) is 0 Å². The lowest BCUT2D eigenvalue weighted by Crippen LogP contribution is -2.52. The van der Waals surface area contributed by atoms with E-state index >= 15 is 0 Å². The summed E-state index contributed by atoms with van der Waals surface area (Å²) in [5.41, 5.74) is 9.69. The second-order valence-electron chi connectivity index (χ2n) is 7.08. The van der Waals surface area contributed by atoms with Gasteiger partial charge in [0, 0.05) is 31.2 Å². The molecule has 3 heterocycles. The first-order valence-electron chi connectivity index (χ1n) is 9.22. The fourth-order valence-electron chi connectivity index (χ4n) is 3.77. The fourth-order valence-corrected chi connectivity index (χ4v) is 4.76. The Morgan fingerprint density at radius 2 is 2.19 bits per heavy atom. The highest BCUT2D eigenvalue weighted by atomic mass is 32.1. The van der Waals surface area contributed by atoms with E-state index in [1.165, 1.54) is 0 Å². The van der Waals surface area contributed by atoms with E-state index < -0.39 is 0 Å². The molecule has 140 valence electrons. The molecule has 1 aromatic heterocycles. The number of nitrogens with zero attached hydrogens (tertiary/aromatic N) is 4. The molecule has 1 atom stereocenters. The van der Waals surface area contributed by atoms with Crippen molar-refractivity contribution < 1.29 is 5.11 Å². The van der Waals surface area contributed by atoms with E-state index in [0.29, 0.717) is 12.1 Å². The minimum atomic E-state index is -0.000602. The van der Waals surface area contributed by atoms with Gasteiger partial charge in [-0.2, -0.15) is 5.26 Å². The van der Waals surface area contributed by atoms with E-state index in [1.54, 1.807) is 11.3 Å². The summed E-state index contributed by atoms with van der Waals surface area (Å²) >= 11 is 1.63. The van der Waals surface area contributed by atoms with E-state index in [9.17, 15) is 10.4 Å². The van der Waals surface area contributed by atoms with Gasteiger partial charge in [0.25, 0.3) is 0 Å². The lowest BCUT2D eigenvalue weighted by atomic mass is 10.1. The second-order valence-corrected chi connectivity index (χ2v) is 8.04. The molecule has 1 fully saturated rings. The number of thiophene rings is 1. The van der Waals surface area contributed by atoms with Gasteiger partial charge in [0.15, 0.2) is 0 Å². The highest BCUT2D eigenvalue weighted by Gasteiger charge is 2.29. The van der Waals surface area contributed by atoms with Crippen molar-refractivity contribution in [2.75, 3.05) is 13.1 Å². The SMILES string of the molecule is N#Cc1ccccc1CN1Cc2scc(CO)c2N=C1N1CCCC(N)C1. The van der Waals surface area contributed by atoms with E-state index in [-0.39, 0.29) is 12.6 Å². The van der Waals surface area contributed by atoms with Crippen molar-refractivity contribution in [3.8, 4) is 6.07 Å². The molecule has 1 aromatic carbocycles. The van der Waals surface area contributed by atoms with Crippen LogP contribution < -0.4 is 5.73 Å². The summed E-state index contributed by atoms with van der Waals surface area (Å²) in [4.78, 5) is 10.6. The molecule has 0 aliphatic carbocycles. The molecule has 0 bridgehead atoms. The van der Waals surface area contributed by atoms with E-state index in [0.717, 1.165) is 60.1 Å². The molecule has 6 nitrogen and oxygen atoms in total. The molecule has 0 amide bonds. The first-order valence-corrected chi connectivity index (χ1v) is 10.1. The number of hydrogen-bond acceptors (Lipinski definition) is 7. The largest absolute Gasteiger partial charge is 0.392 e. The van der Waals surface area contributed by atoms with Gasteiger partial charge in [-0.05, 0) is 29.9 Å². The molecule has 7 heteroatoms. The Morgan fingerprint density at radius 3 is 2.96 bits per heavy atom. The molecule has 3 N–H and O–H groups in total. The number of aliphatic hydroxyl groups excluding tert-OH is 1. The monoisotopic (exact) mass is 381 g/mol. The number of hydrogen-bond donors (Lipinski definition) is 2.